The average Bonchev–Trinajstić information content (AvgIpc) is 3.17. The molecule has 1 aliphatic rings. The summed E-state index contributed by atoms with van der Waals surface area (Å²) < 4.78 is 6.67. The van der Waals surface area contributed by atoms with Crippen molar-refractivity contribution in [1.29, 1.82) is 0 Å². The summed E-state index contributed by atoms with van der Waals surface area (Å²) in [6.45, 7) is 8.15. The zero-order chi connectivity index (χ0) is 20.1. The van der Waals surface area contributed by atoms with Crippen LogP contribution in [0.3, 0.4) is 0 Å². The minimum atomic E-state index is -0.323. The van der Waals surface area contributed by atoms with Crippen molar-refractivity contribution in [3.05, 3.63) is 29.3 Å². The lowest BCUT2D eigenvalue weighted by atomic mass is 10.1. The topological polar surface area (TPSA) is 93.4 Å². The van der Waals surface area contributed by atoms with Gasteiger partial charge in [-0.15, -0.1) is 5.10 Å². The monoisotopic (exact) mass is 404 g/mol. The van der Waals surface area contributed by atoms with Crippen LogP contribution in [0.25, 0.3) is 5.69 Å². The molecule has 0 unspecified atom stereocenters. The molecule has 150 valence electrons. The van der Waals surface area contributed by atoms with Gasteiger partial charge in [0.05, 0.1) is 18.0 Å². The largest absolute Gasteiger partial charge is 0.450 e. The van der Waals surface area contributed by atoms with Crippen LogP contribution in [-0.2, 0) is 9.53 Å². The van der Waals surface area contributed by atoms with E-state index in [2.05, 4.69) is 15.5 Å². The summed E-state index contributed by atoms with van der Waals surface area (Å²) in [6.07, 6.45) is -0.323. The average molecular weight is 404 g/mol. The van der Waals surface area contributed by atoms with E-state index in [1.807, 2.05) is 32.0 Å². The Kier molecular flexibility index (Phi) is 6.50. The second-order valence-electron chi connectivity index (χ2n) is 6.45. The quantitative estimate of drug-likeness (QED) is 0.700. The molecule has 3 rings (SSSR count). The first-order chi connectivity index (χ1) is 13.5. The first-order valence-electron chi connectivity index (χ1n) is 9.18. The molecular formula is C18H24N6O3S. The summed E-state index contributed by atoms with van der Waals surface area (Å²) in [7, 11) is 0. The van der Waals surface area contributed by atoms with Gasteiger partial charge in [-0.25, -0.2) is 4.79 Å². The Balaban J connectivity index is 1.57. The van der Waals surface area contributed by atoms with Gasteiger partial charge >= 0.3 is 6.09 Å². The number of aryl methyl sites for hydroxylation is 1. The molecule has 0 saturated carbocycles. The first-order valence-corrected chi connectivity index (χ1v) is 10.2. The van der Waals surface area contributed by atoms with Gasteiger partial charge < -0.3 is 14.5 Å². The smallest absolute Gasteiger partial charge is 0.409 e. The maximum absolute atomic E-state index is 12.6. The molecule has 2 heterocycles. The highest BCUT2D eigenvalue weighted by Gasteiger charge is 2.25. The van der Waals surface area contributed by atoms with Gasteiger partial charge in [-0.3, -0.25) is 4.79 Å². The summed E-state index contributed by atoms with van der Waals surface area (Å²) in [5, 5.41) is 12.5. The van der Waals surface area contributed by atoms with Gasteiger partial charge in [-0.2, -0.15) is 4.68 Å². The van der Waals surface area contributed by atoms with E-state index >= 15 is 0 Å². The van der Waals surface area contributed by atoms with Crippen molar-refractivity contribution in [2.75, 3.05) is 38.5 Å². The molecule has 1 aromatic carbocycles. The van der Waals surface area contributed by atoms with Crippen molar-refractivity contribution in [2.24, 2.45) is 0 Å². The van der Waals surface area contributed by atoms with E-state index in [4.69, 9.17) is 4.74 Å². The zero-order valence-corrected chi connectivity index (χ0v) is 17.1. The number of benzene rings is 1. The van der Waals surface area contributed by atoms with Crippen molar-refractivity contribution < 1.29 is 14.3 Å². The van der Waals surface area contributed by atoms with Gasteiger partial charge in [0.25, 0.3) is 0 Å². The summed E-state index contributed by atoms with van der Waals surface area (Å²) >= 11 is 1.31. The van der Waals surface area contributed by atoms with E-state index in [1.165, 1.54) is 11.8 Å². The van der Waals surface area contributed by atoms with Gasteiger partial charge in [-0.05, 0) is 48.4 Å². The van der Waals surface area contributed by atoms with Crippen molar-refractivity contribution in [2.45, 2.75) is 25.9 Å². The second-order valence-corrected chi connectivity index (χ2v) is 7.39. The minimum Gasteiger partial charge on any atom is -0.450 e. The van der Waals surface area contributed by atoms with Crippen LogP contribution in [-0.4, -0.2) is 80.5 Å². The summed E-state index contributed by atoms with van der Waals surface area (Å²) in [6, 6.07) is 5.95. The van der Waals surface area contributed by atoms with Crippen molar-refractivity contribution in [1.82, 2.24) is 30.0 Å². The Morgan fingerprint density at radius 1 is 1.14 bits per heavy atom. The Morgan fingerprint density at radius 2 is 1.86 bits per heavy atom. The van der Waals surface area contributed by atoms with Gasteiger partial charge in [-0.1, -0.05) is 23.9 Å². The van der Waals surface area contributed by atoms with E-state index < -0.39 is 0 Å². The molecule has 28 heavy (non-hydrogen) atoms. The molecule has 9 nitrogen and oxygen atoms in total. The number of hydrogen-bond acceptors (Lipinski definition) is 7. The highest BCUT2D eigenvalue weighted by molar-refractivity contribution is 7.99. The van der Waals surface area contributed by atoms with Crippen LogP contribution >= 0.6 is 11.8 Å². The fraction of sp³-hybridized carbons (Fsp3) is 0.500. The number of carbonyl (C=O) groups is 2. The number of rotatable bonds is 5. The molecule has 0 atom stereocenters. The molecule has 10 heteroatoms. The number of piperazine rings is 1. The Labute approximate surface area is 168 Å². The summed E-state index contributed by atoms with van der Waals surface area (Å²) in [5.41, 5.74) is 3.15. The Bertz CT molecular complexity index is 848. The fourth-order valence-electron chi connectivity index (χ4n) is 2.96. The van der Waals surface area contributed by atoms with E-state index in [0.717, 1.165) is 16.8 Å². The maximum atomic E-state index is 12.6. The first kappa shape index (κ1) is 20.1. The van der Waals surface area contributed by atoms with Gasteiger partial charge in [0, 0.05) is 26.2 Å². The third-order valence-electron chi connectivity index (χ3n) is 4.73. The van der Waals surface area contributed by atoms with Crippen LogP contribution in [0.15, 0.2) is 23.4 Å². The minimum absolute atomic E-state index is 0.00373. The lowest BCUT2D eigenvalue weighted by Gasteiger charge is -2.34. The number of thioether (sulfide) groups is 1. The molecule has 2 aromatic rings. The molecule has 0 aliphatic carbocycles. The van der Waals surface area contributed by atoms with Gasteiger partial charge in [0.2, 0.25) is 11.1 Å². The van der Waals surface area contributed by atoms with Crippen LogP contribution in [0.1, 0.15) is 18.1 Å². The summed E-state index contributed by atoms with van der Waals surface area (Å²) in [4.78, 5) is 27.7. The fourth-order valence-corrected chi connectivity index (χ4v) is 3.74. The summed E-state index contributed by atoms with van der Waals surface area (Å²) in [5.74, 6) is 0.244. The molecule has 1 aromatic heterocycles. The molecule has 0 bridgehead atoms. The third kappa shape index (κ3) is 4.44. The standard InChI is InChI=1S/C18H24N6O3S/c1-4-27-18(26)23-10-8-22(9-11-23)16(25)12-28-17-19-20-21-24(17)15-7-5-6-13(2)14(15)3/h5-7H,4,8-12H2,1-3H3. The van der Waals surface area contributed by atoms with Crippen molar-refractivity contribution in [3.8, 4) is 5.69 Å². The number of amides is 2. The molecule has 0 radical (unpaired) electrons. The predicted molar refractivity (Wildman–Crippen MR) is 105 cm³/mol. The third-order valence-corrected chi connectivity index (χ3v) is 5.63. The molecule has 1 fully saturated rings. The zero-order valence-electron chi connectivity index (χ0n) is 16.3. The molecular weight excluding hydrogens is 380 g/mol. The van der Waals surface area contributed by atoms with E-state index in [-0.39, 0.29) is 17.8 Å². The van der Waals surface area contributed by atoms with Crippen molar-refractivity contribution in [3.63, 3.8) is 0 Å². The highest BCUT2D eigenvalue weighted by atomic mass is 32.2. The highest BCUT2D eigenvalue weighted by Crippen LogP contribution is 2.22. The number of ether oxygens (including phenoxy) is 1. The second kappa shape index (κ2) is 9.05. The lowest BCUT2D eigenvalue weighted by Crippen LogP contribution is -2.51. The van der Waals surface area contributed by atoms with Crippen LogP contribution < -0.4 is 0 Å². The van der Waals surface area contributed by atoms with E-state index in [9.17, 15) is 9.59 Å². The molecule has 1 saturated heterocycles. The molecule has 2 amide bonds. The number of nitrogens with zero attached hydrogens (tertiary/aromatic N) is 6. The van der Waals surface area contributed by atoms with Gasteiger partial charge in [0.1, 0.15) is 0 Å². The Morgan fingerprint density at radius 3 is 2.57 bits per heavy atom. The lowest BCUT2D eigenvalue weighted by molar-refractivity contribution is -0.129. The van der Waals surface area contributed by atoms with E-state index in [0.29, 0.717) is 37.9 Å². The number of tetrazole rings is 1. The SMILES string of the molecule is CCOC(=O)N1CCN(C(=O)CSc2nnnn2-c2cccc(C)c2C)CC1. The van der Waals surface area contributed by atoms with Crippen LogP contribution in [0, 0.1) is 13.8 Å². The normalized spacial score (nSPS) is 14.2. The molecule has 0 N–H and O–H groups in total. The van der Waals surface area contributed by atoms with Crippen molar-refractivity contribution >= 4 is 23.8 Å². The maximum Gasteiger partial charge on any atom is 0.409 e. The van der Waals surface area contributed by atoms with Crippen LogP contribution in [0.2, 0.25) is 0 Å². The number of aromatic nitrogens is 4. The van der Waals surface area contributed by atoms with Gasteiger partial charge in [0.15, 0.2) is 0 Å². The van der Waals surface area contributed by atoms with E-state index in [1.54, 1.807) is 21.4 Å². The number of carbonyl (C=O) groups excluding carboxylic acids is 2. The predicted octanol–water partition coefficient (Wildman–Crippen LogP) is 1.67. The molecule has 1 aliphatic heterocycles. The number of hydrogen-bond donors (Lipinski definition) is 0. The van der Waals surface area contributed by atoms with Crippen LogP contribution in [0.5, 0.6) is 0 Å². The Hall–Kier alpha value is -2.62. The molecule has 0 spiro atoms. The van der Waals surface area contributed by atoms with Crippen LogP contribution in [0.4, 0.5) is 4.79 Å².